The Balaban J connectivity index is 1.87. The van der Waals surface area contributed by atoms with E-state index in [-0.39, 0.29) is 0 Å². The van der Waals surface area contributed by atoms with Crippen molar-refractivity contribution in [2.75, 3.05) is 12.4 Å². The van der Waals surface area contributed by atoms with Gasteiger partial charge in [0, 0.05) is 18.8 Å². The fourth-order valence-corrected chi connectivity index (χ4v) is 2.61. The largest absolute Gasteiger partial charge is 0.380 e. The highest BCUT2D eigenvalue weighted by Gasteiger charge is 2.15. The van der Waals surface area contributed by atoms with Gasteiger partial charge in [0.1, 0.15) is 0 Å². The molecule has 0 amide bonds. The first-order chi connectivity index (χ1) is 8.78. The van der Waals surface area contributed by atoms with Gasteiger partial charge in [-0.15, -0.1) is 0 Å². The number of thiocarbonyl (C=S) groups is 1. The predicted octanol–water partition coefficient (Wildman–Crippen LogP) is 3.06. The van der Waals surface area contributed by atoms with Crippen LogP contribution in [0.15, 0.2) is 24.3 Å². The molecule has 1 aliphatic carbocycles. The van der Waals surface area contributed by atoms with Crippen LogP contribution in [0.2, 0.25) is 0 Å². The van der Waals surface area contributed by atoms with Gasteiger partial charge in [-0.1, -0.05) is 25.0 Å². The lowest BCUT2D eigenvalue weighted by molar-refractivity contribution is 0.185. The fraction of sp³-hybridized carbons (Fsp3) is 0.500. The quantitative estimate of drug-likeness (QED) is 0.819. The number of anilines is 1. The minimum Gasteiger partial charge on any atom is -0.380 e. The highest BCUT2D eigenvalue weighted by Crippen LogP contribution is 2.18. The second-order valence-electron chi connectivity index (χ2n) is 4.71. The van der Waals surface area contributed by atoms with Gasteiger partial charge in [-0.25, -0.2) is 0 Å². The molecule has 0 radical (unpaired) electrons. The van der Waals surface area contributed by atoms with Gasteiger partial charge in [-0.05, 0) is 42.8 Å². The molecule has 0 aromatic heterocycles. The Morgan fingerprint density at radius 3 is 2.89 bits per heavy atom. The van der Waals surface area contributed by atoms with Crippen molar-refractivity contribution in [1.82, 2.24) is 5.32 Å². The molecule has 0 saturated heterocycles. The Kier molecular flexibility index (Phi) is 4.96. The summed E-state index contributed by atoms with van der Waals surface area (Å²) in [4.78, 5) is 0. The van der Waals surface area contributed by atoms with E-state index in [0.717, 1.165) is 16.4 Å². The molecule has 0 heterocycles. The van der Waals surface area contributed by atoms with Gasteiger partial charge in [-0.2, -0.15) is 0 Å². The summed E-state index contributed by atoms with van der Waals surface area (Å²) in [6.07, 6.45) is 5.07. The van der Waals surface area contributed by atoms with Gasteiger partial charge in [0.15, 0.2) is 5.11 Å². The third-order valence-electron chi connectivity index (χ3n) is 3.19. The molecule has 1 saturated carbocycles. The summed E-state index contributed by atoms with van der Waals surface area (Å²) in [6.45, 7) is 0.623. The molecule has 2 N–H and O–H groups in total. The summed E-state index contributed by atoms with van der Waals surface area (Å²) in [7, 11) is 1.70. The predicted molar refractivity (Wildman–Crippen MR) is 78.8 cm³/mol. The van der Waals surface area contributed by atoms with E-state index in [1.165, 1.54) is 25.7 Å². The first-order valence-corrected chi connectivity index (χ1v) is 6.84. The van der Waals surface area contributed by atoms with Gasteiger partial charge in [-0.3, -0.25) is 0 Å². The topological polar surface area (TPSA) is 33.3 Å². The van der Waals surface area contributed by atoms with Crippen molar-refractivity contribution in [2.45, 2.75) is 38.3 Å². The Bertz CT molecular complexity index is 403. The van der Waals surface area contributed by atoms with Gasteiger partial charge in [0.2, 0.25) is 0 Å². The molecule has 0 bridgehead atoms. The smallest absolute Gasteiger partial charge is 0.170 e. The van der Waals surface area contributed by atoms with Crippen LogP contribution < -0.4 is 10.6 Å². The van der Waals surface area contributed by atoms with Gasteiger partial charge < -0.3 is 15.4 Å². The third kappa shape index (κ3) is 3.96. The van der Waals surface area contributed by atoms with Crippen molar-refractivity contribution in [3.05, 3.63) is 29.8 Å². The van der Waals surface area contributed by atoms with Crippen LogP contribution in [-0.2, 0) is 11.3 Å². The van der Waals surface area contributed by atoms with E-state index < -0.39 is 0 Å². The minimum absolute atomic E-state index is 0.548. The summed E-state index contributed by atoms with van der Waals surface area (Å²) in [5, 5.41) is 7.32. The molecular weight excluding hydrogens is 244 g/mol. The maximum absolute atomic E-state index is 5.33. The lowest BCUT2D eigenvalue weighted by atomic mass is 10.2. The lowest BCUT2D eigenvalue weighted by Gasteiger charge is -2.16. The monoisotopic (exact) mass is 264 g/mol. The molecule has 0 aliphatic heterocycles. The second kappa shape index (κ2) is 6.71. The van der Waals surface area contributed by atoms with Crippen LogP contribution in [0, 0.1) is 0 Å². The number of nitrogens with one attached hydrogen (secondary N) is 2. The Morgan fingerprint density at radius 2 is 2.17 bits per heavy atom. The number of rotatable bonds is 4. The molecule has 0 spiro atoms. The summed E-state index contributed by atoms with van der Waals surface area (Å²) in [6, 6.07) is 8.68. The first kappa shape index (κ1) is 13.3. The normalized spacial score (nSPS) is 15.6. The molecule has 98 valence electrons. The van der Waals surface area contributed by atoms with Crippen LogP contribution in [0.1, 0.15) is 31.2 Å². The molecule has 18 heavy (non-hydrogen) atoms. The highest BCUT2D eigenvalue weighted by molar-refractivity contribution is 7.80. The lowest BCUT2D eigenvalue weighted by Crippen LogP contribution is -2.35. The molecule has 1 aliphatic rings. The van der Waals surface area contributed by atoms with Crippen LogP contribution in [-0.4, -0.2) is 18.3 Å². The maximum Gasteiger partial charge on any atom is 0.170 e. The second-order valence-corrected chi connectivity index (χ2v) is 5.12. The molecule has 0 unspecified atom stereocenters. The SMILES string of the molecule is COCc1cccc(NC(=S)NC2CCCC2)c1. The average Bonchev–Trinajstić information content (AvgIpc) is 2.82. The minimum atomic E-state index is 0.548. The van der Waals surface area contributed by atoms with Crippen molar-refractivity contribution >= 4 is 23.0 Å². The number of ether oxygens (including phenoxy) is 1. The van der Waals surface area contributed by atoms with Crippen molar-refractivity contribution in [3.63, 3.8) is 0 Å². The fourth-order valence-electron chi connectivity index (χ4n) is 2.33. The van der Waals surface area contributed by atoms with Crippen molar-refractivity contribution in [2.24, 2.45) is 0 Å². The van der Waals surface area contributed by atoms with Crippen LogP contribution in [0.3, 0.4) is 0 Å². The molecule has 1 fully saturated rings. The van der Waals surface area contributed by atoms with Crippen molar-refractivity contribution < 1.29 is 4.74 Å². The summed E-state index contributed by atoms with van der Waals surface area (Å²) in [5.74, 6) is 0. The van der Waals surface area contributed by atoms with E-state index in [1.54, 1.807) is 7.11 Å². The molecule has 4 heteroatoms. The Labute approximate surface area is 114 Å². The number of benzene rings is 1. The summed E-state index contributed by atoms with van der Waals surface area (Å²) >= 11 is 5.33. The highest BCUT2D eigenvalue weighted by atomic mass is 32.1. The van der Waals surface area contributed by atoms with Crippen LogP contribution in [0.5, 0.6) is 0 Å². The van der Waals surface area contributed by atoms with E-state index in [1.807, 2.05) is 18.2 Å². The molecule has 2 rings (SSSR count). The Morgan fingerprint density at radius 1 is 1.39 bits per heavy atom. The van der Waals surface area contributed by atoms with Gasteiger partial charge in [0.05, 0.1) is 6.61 Å². The zero-order chi connectivity index (χ0) is 12.8. The number of hydrogen-bond acceptors (Lipinski definition) is 2. The van der Waals surface area contributed by atoms with E-state index in [2.05, 4.69) is 16.7 Å². The molecule has 3 nitrogen and oxygen atoms in total. The number of methoxy groups -OCH3 is 1. The number of hydrogen-bond donors (Lipinski definition) is 2. The van der Waals surface area contributed by atoms with Crippen LogP contribution in [0.25, 0.3) is 0 Å². The molecule has 1 aromatic carbocycles. The van der Waals surface area contributed by atoms with Gasteiger partial charge >= 0.3 is 0 Å². The standard InChI is InChI=1S/C14H20N2OS/c1-17-10-11-5-4-8-13(9-11)16-14(18)15-12-6-2-3-7-12/h4-5,8-9,12H,2-3,6-7,10H2,1H3,(H2,15,16,18). The molecule has 1 aromatic rings. The zero-order valence-electron chi connectivity index (χ0n) is 10.7. The van der Waals surface area contributed by atoms with E-state index in [9.17, 15) is 0 Å². The van der Waals surface area contributed by atoms with E-state index in [0.29, 0.717) is 12.6 Å². The first-order valence-electron chi connectivity index (χ1n) is 6.43. The molecular formula is C14H20N2OS. The van der Waals surface area contributed by atoms with Gasteiger partial charge in [0.25, 0.3) is 0 Å². The van der Waals surface area contributed by atoms with E-state index in [4.69, 9.17) is 17.0 Å². The average molecular weight is 264 g/mol. The van der Waals surface area contributed by atoms with Crippen molar-refractivity contribution in [3.8, 4) is 0 Å². The van der Waals surface area contributed by atoms with Crippen molar-refractivity contribution in [1.29, 1.82) is 0 Å². The van der Waals surface area contributed by atoms with Crippen LogP contribution in [0.4, 0.5) is 5.69 Å². The van der Waals surface area contributed by atoms with E-state index >= 15 is 0 Å². The third-order valence-corrected chi connectivity index (χ3v) is 3.41. The van der Waals surface area contributed by atoms with Crippen LogP contribution >= 0.6 is 12.2 Å². The Hall–Kier alpha value is -1.13. The zero-order valence-corrected chi connectivity index (χ0v) is 11.6. The summed E-state index contributed by atoms with van der Waals surface area (Å²) in [5.41, 5.74) is 2.16. The summed E-state index contributed by atoms with van der Waals surface area (Å²) < 4.78 is 5.12. The maximum atomic E-state index is 5.33. The molecule has 0 atom stereocenters.